The van der Waals surface area contributed by atoms with E-state index in [1.165, 1.54) is 24.5 Å². The summed E-state index contributed by atoms with van der Waals surface area (Å²) in [5, 5.41) is 8.36. The van der Waals surface area contributed by atoms with Gasteiger partial charge in [-0.3, -0.25) is 0 Å². The van der Waals surface area contributed by atoms with Crippen molar-refractivity contribution in [3.63, 3.8) is 0 Å². The molecule has 0 bridgehead atoms. The van der Waals surface area contributed by atoms with E-state index in [0.29, 0.717) is 5.56 Å². The van der Waals surface area contributed by atoms with Crippen molar-refractivity contribution in [3.8, 4) is 6.07 Å². The Bertz CT molecular complexity index is 291. The van der Waals surface area contributed by atoms with Crippen molar-refractivity contribution in [1.82, 2.24) is 0 Å². The zero-order valence-corrected chi connectivity index (χ0v) is 5.95. The van der Waals surface area contributed by atoms with Crippen LogP contribution in [0.25, 0.3) is 0 Å². The van der Waals surface area contributed by atoms with Crippen LogP contribution < -0.4 is 9.57 Å². The lowest BCUT2D eigenvalue weighted by Gasteiger charge is -1.93. The van der Waals surface area contributed by atoms with E-state index >= 15 is 0 Å². The highest BCUT2D eigenvalue weighted by molar-refractivity contribution is 5.23. The van der Waals surface area contributed by atoms with Gasteiger partial charge >= 0.3 is 6.61 Å². The lowest BCUT2D eigenvalue weighted by atomic mass is 10.3. The first-order valence-electron chi connectivity index (χ1n) is 3.09. The standard InChI is InChI=1S/C7H5F2N2O/c8-7(9)12-11-3-1-6(5-10)2-4-11/h1-4,7H/q+1. The maximum absolute atomic E-state index is 11.6. The second-order valence-corrected chi connectivity index (χ2v) is 1.92. The molecule has 12 heavy (non-hydrogen) atoms. The monoisotopic (exact) mass is 171 g/mol. The second kappa shape index (κ2) is 3.62. The molecule has 0 aliphatic heterocycles. The van der Waals surface area contributed by atoms with Gasteiger partial charge in [0.25, 0.3) is 0 Å². The first kappa shape index (κ1) is 8.40. The number of hydrogen-bond donors (Lipinski definition) is 0. The Morgan fingerprint density at radius 1 is 1.42 bits per heavy atom. The van der Waals surface area contributed by atoms with Gasteiger partial charge in [-0.2, -0.15) is 18.9 Å². The van der Waals surface area contributed by atoms with Gasteiger partial charge in [-0.15, -0.1) is 0 Å². The van der Waals surface area contributed by atoms with Crippen LogP contribution in [0.4, 0.5) is 8.78 Å². The minimum Gasteiger partial charge on any atom is -0.197 e. The SMILES string of the molecule is N#Cc1cc[n+](OC(F)F)cc1. The molecule has 3 nitrogen and oxygen atoms in total. The van der Waals surface area contributed by atoms with Crippen LogP contribution in [0.5, 0.6) is 0 Å². The number of nitriles is 1. The number of alkyl halides is 2. The minimum atomic E-state index is -2.86. The van der Waals surface area contributed by atoms with Crippen LogP contribution in [0, 0.1) is 11.3 Å². The molecule has 0 unspecified atom stereocenters. The lowest BCUT2D eigenvalue weighted by Crippen LogP contribution is -2.44. The summed E-state index contributed by atoms with van der Waals surface area (Å²) in [5.41, 5.74) is 0.393. The van der Waals surface area contributed by atoms with Gasteiger partial charge in [0.05, 0.1) is 11.6 Å². The van der Waals surface area contributed by atoms with Crippen molar-refractivity contribution >= 4 is 0 Å². The Morgan fingerprint density at radius 3 is 2.42 bits per heavy atom. The Hall–Kier alpha value is -1.70. The van der Waals surface area contributed by atoms with Crippen molar-refractivity contribution in [2.24, 2.45) is 0 Å². The predicted octanol–water partition coefficient (Wildman–Crippen LogP) is 0.497. The first-order chi connectivity index (χ1) is 5.72. The summed E-state index contributed by atoms with van der Waals surface area (Å²) in [6.45, 7) is -2.86. The van der Waals surface area contributed by atoms with Crippen molar-refractivity contribution in [3.05, 3.63) is 30.1 Å². The van der Waals surface area contributed by atoms with E-state index in [0.717, 1.165) is 4.73 Å². The summed E-state index contributed by atoms with van der Waals surface area (Å²) in [5.74, 6) is 0. The average Bonchev–Trinajstić information content (AvgIpc) is 2.05. The Morgan fingerprint density at radius 2 is 2.00 bits per heavy atom. The summed E-state index contributed by atoms with van der Waals surface area (Å²) < 4.78 is 24.0. The second-order valence-electron chi connectivity index (χ2n) is 1.92. The molecule has 0 aliphatic rings. The van der Waals surface area contributed by atoms with E-state index in [4.69, 9.17) is 5.26 Å². The number of pyridine rings is 1. The lowest BCUT2D eigenvalue weighted by molar-refractivity contribution is -0.909. The maximum atomic E-state index is 11.6. The molecule has 0 atom stereocenters. The van der Waals surface area contributed by atoms with Gasteiger partial charge in [-0.25, -0.2) is 0 Å². The fourth-order valence-corrected chi connectivity index (χ4v) is 0.650. The van der Waals surface area contributed by atoms with Gasteiger partial charge in [0.2, 0.25) is 12.4 Å². The number of hydrogen-bond acceptors (Lipinski definition) is 2. The highest BCUT2D eigenvalue weighted by Gasteiger charge is 2.09. The van der Waals surface area contributed by atoms with Crippen LogP contribution >= 0.6 is 0 Å². The molecule has 0 saturated carbocycles. The average molecular weight is 171 g/mol. The van der Waals surface area contributed by atoms with Crippen molar-refractivity contribution in [2.75, 3.05) is 0 Å². The summed E-state index contributed by atoms with van der Waals surface area (Å²) >= 11 is 0. The summed E-state index contributed by atoms with van der Waals surface area (Å²) in [6.07, 6.45) is 2.48. The van der Waals surface area contributed by atoms with Crippen molar-refractivity contribution in [1.29, 1.82) is 5.26 Å². The van der Waals surface area contributed by atoms with Crippen LogP contribution in [0.3, 0.4) is 0 Å². The first-order valence-corrected chi connectivity index (χ1v) is 3.09. The van der Waals surface area contributed by atoms with E-state index in [1.807, 2.05) is 6.07 Å². The molecular formula is C7H5F2N2O+. The van der Waals surface area contributed by atoms with Gasteiger partial charge in [0.1, 0.15) is 0 Å². The maximum Gasteiger partial charge on any atom is 0.448 e. The van der Waals surface area contributed by atoms with Crippen LogP contribution in [0.1, 0.15) is 5.56 Å². The molecule has 0 radical (unpaired) electrons. The fourth-order valence-electron chi connectivity index (χ4n) is 0.650. The van der Waals surface area contributed by atoms with Crippen molar-refractivity contribution < 1.29 is 18.3 Å². The molecular weight excluding hydrogens is 166 g/mol. The van der Waals surface area contributed by atoms with Crippen molar-refractivity contribution in [2.45, 2.75) is 6.61 Å². The molecule has 0 aliphatic carbocycles. The fraction of sp³-hybridized carbons (Fsp3) is 0.143. The van der Waals surface area contributed by atoms with Gasteiger partial charge in [0.15, 0.2) is 0 Å². The van der Waals surface area contributed by atoms with E-state index < -0.39 is 6.61 Å². The molecule has 0 spiro atoms. The van der Waals surface area contributed by atoms with E-state index in [-0.39, 0.29) is 0 Å². The Labute approximate surface area is 67.4 Å². The van der Waals surface area contributed by atoms with Gasteiger partial charge < -0.3 is 0 Å². The summed E-state index contributed by atoms with van der Waals surface area (Å²) in [7, 11) is 0. The normalized spacial score (nSPS) is 9.50. The predicted molar refractivity (Wildman–Crippen MR) is 33.9 cm³/mol. The molecule has 1 aromatic rings. The number of nitrogens with zero attached hydrogens (tertiary/aromatic N) is 2. The van der Waals surface area contributed by atoms with Gasteiger partial charge in [-0.05, 0) is 0 Å². The van der Waals surface area contributed by atoms with Crippen LogP contribution in [0.2, 0.25) is 0 Å². The zero-order chi connectivity index (χ0) is 8.97. The molecule has 0 saturated heterocycles. The summed E-state index contributed by atoms with van der Waals surface area (Å²) in [4.78, 5) is 3.99. The molecule has 0 fully saturated rings. The molecule has 1 heterocycles. The van der Waals surface area contributed by atoms with Gasteiger partial charge in [0, 0.05) is 16.9 Å². The van der Waals surface area contributed by atoms with Crippen LogP contribution in [-0.4, -0.2) is 6.61 Å². The van der Waals surface area contributed by atoms with E-state index in [9.17, 15) is 8.78 Å². The third-order valence-electron chi connectivity index (χ3n) is 1.13. The van der Waals surface area contributed by atoms with E-state index in [2.05, 4.69) is 4.84 Å². The number of aromatic nitrogens is 1. The molecule has 1 rings (SSSR count). The van der Waals surface area contributed by atoms with Crippen LogP contribution in [-0.2, 0) is 0 Å². The highest BCUT2D eigenvalue weighted by Crippen LogP contribution is 1.91. The Kier molecular flexibility index (Phi) is 2.53. The third kappa shape index (κ3) is 2.16. The molecule has 1 aromatic heterocycles. The largest absolute Gasteiger partial charge is 0.448 e. The quantitative estimate of drug-likeness (QED) is 0.607. The zero-order valence-electron chi connectivity index (χ0n) is 5.95. The molecule has 62 valence electrons. The number of rotatable bonds is 2. The third-order valence-corrected chi connectivity index (χ3v) is 1.13. The van der Waals surface area contributed by atoms with Gasteiger partial charge in [-0.1, -0.05) is 0 Å². The minimum absolute atomic E-state index is 0.393. The highest BCUT2D eigenvalue weighted by atomic mass is 19.3. The van der Waals surface area contributed by atoms with Crippen LogP contribution in [0.15, 0.2) is 24.5 Å². The topological polar surface area (TPSA) is 36.9 Å². The molecule has 0 N–H and O–H groups in total. The summed E-state index contributed by atoms with van der Waals surface area (Å²) in [6, 6.07) is 4.61. The van der Waals surface area contributed by atoms with E-state index in [1.54, 1.807) is 0 Å². The Balaban J connectivity index is 2.73. The number of halogens is 2. The molecule has 0 amide bonds. The smallest absolute Gasteiger partial charge is 0.197 e. The molecule has 0 aromatic carbocycles. The molecule has 5 heteroatoms.